The third-order valence-electron chi connectivity index (χ3n) is 3.42. The molecule has 0 radical (unpaired) electrons. The van der Waals surface area contributed by atoms with E-state index in [0.29, 0.717) is 24.4 Å². The summed E-state index contributed by atoms with van der Waals surface area (Å²) in [7, 11) is -1.94. The molecule has 1 aliphatic heterocycles. The van der Waals surface area contributed by atoms with Crippen LogP contribution in [0.1, 0.15) is 19.4 Å². The van der Waals surface area contributed by atoms with Gasteiger partial charge in [-0.1, -0.05) is 0 Å². The zero-order valence-corrected chi connectivity index (χ0v) is 14.8. The largest absolute Gasteiger partial charge is 0.496 e. The topological polar surface area (TPSA) is 46.6 Å². The fourth-order valence-corrected chi connectivity index (χ4v) is 5.52. The maximum Gasteiger partial charge on any atom is 0.243 e. The zero-order chi connectivity index (χ0) is 15.7. The monoisotopic (exact) mass is 349 g/mol. The van der Waals surface area contributed by atoms with Crippen molar-refractivity contribution in [1.82, 2.24) is 4.31 Å². The van der Waals surface area contributed by atoms with Gasteiger partial charge in [0.25, 0.3) is 0 Å². The van der Waals surface area contributed by atoms with Gasteiger partial charge in [-0.15, -0.1) is 11.6 Å². The third-order valence-corrected chi connectivity index (χ3v) is 6.85. The van der Waals surface area contributed by atoms with Crippen LogP contribution in [0.25, 0.3) is 0 Å². The second kappa shape index (κ2) is 6.36. The van der Waals surface area contributed by atoms with Crippen LogP contribution in [0.2, 0.25) is 0 Å². The van der Waals surface area contributed by atoms with Crippen LogP contribution in [0.15, 0.2) is 23.1 Å². The number of ether oxygens (including phenoxy) is 1. The van der Waals surface area contributed by atoms with Crippen LogP contribution in [0, 0.1) is 0 Å². The molecule has 0 amide bonds. The van der Waals surface area contributed by atoms with Crippen LogP contribution in [0.4, 0.5) is 0 Å². The van der Waals surface area contributed by atoms with E-state index in [1.807, 2.05) is 0 Å². The Kier molecular flexibility index (Phi) is 5.13. The first-order chi connectivity index (χ1) is 9.80. The number of sulfonamides is 1. The molecule has 1 aliphatic rings. The van der Waals surface area contributed by atoms with Crippen LogP contribution in [-0.4, -0.2) is 43.4 Å². The van der Waals surface area contributed by atoms with E-state index in [4.69, 9.17) is 16.3 Å². The number of halogens is 1. The average Bonchev–Trinajstić information content (AvgIpc) is 2.45. The fourth-order valence-electron chi connectivity index (χ4n) is 2.35. The molecule has 1 fully saturated rings. The Labute approximate surface area is 135 Å². The Hall–Kier alpha value is -0.430. The summed E-state index contributed by atoms with van der Waals surface area (Å²) in [6.45, 7) is 5.19. The van der Waals surface area contributed by atoms with Gasteiger partial charge in [0, 0.05) is 29.2 Å². The van der Waals surface area contributed by atoms with Crippen LogP contribution in [-0.2, 0) is 15.9 Å². The Morgan fingerprint density at radius 1 is 1.43 bits per heavy atom. The highest BCUT2D eigenvalue weighted by Gasteiger charge is 2.34. The zero-order valence-electron chi connectivity index (χ0n) is 12.4. The van der Waals surface area contributed by atoms with Gasteiger partial charge in [-0.3, -0.25) is 0 Å². The minimum atomic E-state index is -3.48. The Balaban J connectivity index is 2.35. The molecule has 0 spiro atoms. The van der Waals surface area contributed by atoms with Gasteiger partial charge in [0.05, 0.1) is 17.9 Å². The van der Waals surface area contributed by atoms with Crippen molar-refractivity contribution in [2.24, 2.45) is 0 Å². The molecule has 0 unspecified atom stereocenters. The molecule has 1 saturated heterocycles. The molecular weight excluding hydrogens is 330 g/mol. The minimum Gasteiger partial charge on any atom is -0.496 e. The second-order valence-electron chi connectivity index (χ2n) is 5.55. The molecule has 1 heterocycles. The van der Waals surface area contributed by atoms with Crippen molar-refractivity contribution in [2.75, 3.05) is 26.0 Å². The van der Waals surface area contributed by atoms with Gasteiger partial charge in [0.1, 0.15) is 5.75 Å². The highest BCUT2D eigenvalue weighted by molar-refractivity contribution is 8.00. The molecule has 4 nitrogen and oxygen atoms in total. The summed E-state index contributed by atoms with van der Waals surface area (Å²) in [5, 5.41) is 0. The van der Waals surface area contributed by atoms with E-state index in [0.717, 1.165) is 5.75 Å². The van der Waals surface area contributed by atoms with Gasteiger partial charge >= 0.3 is 0 Å². The Bertz CT molecular complexity index is 617. The summed E-state index contributed by atoms with van der Waals surface area (Å²) >= 11 is 7.67. The lowest BCUT2D eigenvalue weighted by atomic mass is 10.2. The summed E-state index contributed by atoms with van der Waals surface area (Å²) in [4.78, 5) is 0.279. The molecule has 1 aromatic rings. The standard InChI is InChI=1S/C14H20ClNO3S2/c1-14(2)10-16(6-7-20-14)21(17,18)12-4-5-13(19-3)11(8-12)9-15/h4-5,8H,6-7,9-10H2,1-3H3. The fraction of sp³-hybridized carbons (Fsp3) is 0.571. The smallest absolute Gasteiger partial charge is 0.243 e. The molecule has 1 aromatic carbocycles. The molecule has 2 rings (SSSR count). The lowest BCUT2D eigenvalue weighted by molar-refractivity contribution is 0.387. The Morgan fingerprint density at radius 2 is 2.14 bits per heavy atom. The first kappa shape index (κ1) is 16.9. The number of hydrogen-bond donors (Lipinski definition) is 0. The van der Waals surface area contributed by atoms with Crippen molar-refractivity contribution in [3.63, 3.8) is 0 Å². The molecule has 0 aliphatic carbocycles. The molecule has 118 valence electrons. The molecule has 0 N–H and O–H groups in total. The van der Waals surface area contributed by atoms with Gasteiger partial charge in [-0.05, 0) is 32.0 Å². The summed E-state index contributed by atoms with van der Waals surface area (Å²) < 4.78 is 32.2. The molecule has 0 bridgehead atoms. The maximum atomic E-state index is 12.8. The number of rotatable bonds is 4. The predicted molar refractivity (Wildman–Crippen MR) is 87.8 cm³/mol. The van der Waals surface area contributed by atoms with Crippen molar-refractivity contribution in [3.8, 4) is 5.75 Å². The van der Waals surface area contributed by atoms with E-state index in [2.05, 4.69) is 13.8 Å². The van der Waals surface area contributed by atoms with Gasteiger partial charge < -0.3 is 4.74 Å². The summed E-state index contributed by atoms with van der Waals surface area (Å²) in [6, 6.07) is 4.85. The highest BCUT2D eigenvalue weighted by Crippen LogP contribution is 2.33. The molecule has 0 saturated carbocycles. The van der Waals surface area contributed by atoms with E-state index < -0.39 is 10.0 Å². The van der Waals surface area contributed by atoms with Crippen molar-refractivity contribution < 1.29 is 13.2 Å². The first-order valence-corrected chi connectivity index (χ1v) is 9.63. The van der Waals surface area contributed by atoms with Crippen molar-refractivity contribution in [2.45, 2.75) is 29.4 Å². The van der Waals surface area contributed by atoms with Crippen LogP contribution in [0.3, 0.4) is 0 Å². The summed E-state index contributed by atoms with van der Waals surface area (Å²) in [5.41, 5.74) is 0.686. The molecular formula is C14H20ClNO3S2. The van der Waals surface area contributed by atoms with Crippen LogP contribution < -0.4 is 4.74 Å². The summed E-state index contributed by atoms with van der Waals surface area (Å²) in [5.74, 6) is 1.64. The molecule has 7 heteroatoms. The quantitative estimate of drug-likeness (QED) is 0.784. The average molecular weight is 350 g/mol. The number of nitrogens with zero attached hydrogens (tertiary/aromatic N) is 1. The van der Waals surface area contributed by atoms with Gasteiger partial charge in [0.15, 0.2) is 0 Å². The predicted octanol–water partition coefficient (Wildman–Crippen LogP) is 2.95. The van der Waals surface area contributed by atoms with Crippen LogP contribution >= 0.6 is 23.4 Å². The maximum absolute atomic E-state index is 12.8. The van der Waals surface area contributed by atoms with E-state index >= 15 is 0 Å². The molecule has 21 heavy (non-hydrogen) atoms. The van der Waals surface area contributed by atoms with Crippen molar-refractivity contribution >= 4 is 33.4 Å². The van der Waals surface area contributed by atoms with E-state index in [9.17, 15) is 8.42 Å². The second-order valence-corrected chi connectivity index (χ2v) is 9.56. The SMILES string of the molecule is COc1ccc(S(=O)(=O)N2CCSC(C)(C)C2)cc1CCl. The van der Waals surface area contributed by atoms with Gasteiger partial charge in [-0.25, -0.2) is 8.42 Å². The van der Waals surface area contributed by atoms with E-state index in [1.165, 1.54) is 0 Å². The number of thioether (sulfide) groups is 1. The van der Waals surface area contributed by atoms with Gasteiger partial charge in [0.2, 0.25) is 10.0 Å². The molecule has 0 aromatic heterocycles. The first-order valence-electron chi connectivity index (χ1n) is 6.67. The lowest BCUT2D eigenvalue weighted by Crippen LogP contribution is -2.46. The normalized spacial score (nSPS) is 19.4. The number of alkyl halides is 1. The minimum absolute atomic E-state index is 0.0624. The number of benzene rings is 1. The number of hydrogen-bond acceptors (Lipinski definition) is 4. The molecule has 0 atom stereocenters. The highest BCUT2D eigenvalue weighted by atomic mass is 35.5. The van der Waals surface area contributed by atoms with E-state index in [1.54, 1.807) is 41.4 Å². The van der Waals surface area contributed by atoms with Crippen molar-refractivity contribution in [3.05, 3.63) is 23.8 Å². The summed E-state index contributed by atoms with van der Waals surface area (Å²) in [6.07, 6.45) is 0. The lowest BCUT2D eigenvalue weighted by Gasteiger charge is -2.36. The van der Waals surface area contributed by atoms with E-state index in [-0.39, 0.29) is 15.5 Å². The number of methoxy groups -OCH3 is 1. The van der Waals surface area contributed by atoms with Gasteiger partial charge in [-0.2, -0.15) is 16.1 Å². The van der Waals surface area contributed by atoms with Crippen molar-refractivity contribution in [1.29, 1.82) is 0 Å². The van der Waals surface area contributed by atoms with Crippen LogP contribution in [0.5, 0.6) is 5.75 Å². The Morgan fingerprint density at radius 3 is 2.71 bits per heavy atom. The third kappa shape index (κ3) is 3.67.